The number of aryl methyl sites for hydroxylation is 1. The molecule has 1 aliphatic carbocycles. The summed E-state index contributed by atoms with van der Waals surface area (Å²) in [5.74, 6) is 2.45. The van der Waals surface area contributed by atoms with Gasteiger partial charge in [0.1, 0.15) is 6.04 Å². The number of urea groups is 1. The summed E-state index contributed by atoms with van der Waals surface area (Å²) in [5.41, 5.74) is 0. The van der Waals surface area contributed by atoms with Gasteiger partial charge in [0, 0.05) is 26.1 Å². The number of nitrogens with one attached hydrogen (secondary N) is 1. The van der Waals surface area contributed by atoms with Gasteiger partial charge in [0.25, 0.3) is 0 Å². The molecule has 24 heavy (non-hydrogen) atoms. The monoisotopic (exact) mass is 336 g/mol. The first kappa shape index (κ1) is 17.2. The predicted molar refractivity (Wildman–Crippen MR) is 88.4 cm³/mol. The Kier molecular flexibility index (Phi) is 5.08. The Balaban J connectivity index is 1.67. The third kappa shape index (κ3) is 3.55. The lowest BCUT2D eigenvalue weighted by molar-refractivity contribution is 0.109. The fourth-order valence-corrected chi connectivity index (χ4v) is 3.81. The van der Waals surface area contributed by atoms with Crippen LogP contribution in [0.4, 0.5) is 4.79 Å². The topological polar surface area (TPSA) is 80.5 Å². The lowest BCUT2D eigenvalue weighted by Gasteiger charge is -2.34. The number of nitrogens with zero attached hydrogens (tertiary/aromatic N) is 3. The van der Waals surface area contributed by atoms with E-state index in [9.17, 15) is 4.79 Å². The van der Waals surface area contributed by atoms with Gasteiger partial charge < -0.3 is 19.5 Å². The van der Waals surface area contributed by atoms with E-state index in [1.54, 1.807) is 18.9 Å². The van der Waals surface area contributed by atoms with Crippen molar-refractivity contribution in [3.05, 3.63) is 11.7 Å². The van der Waals surface area contributed by atoms with Crippen LogP contribution >= 0.6 is 0 Å². The van der Waals surface area contributed by atoms with Gasteiger partial charge in [0.2, 0.25) is 5.89 Å². The molecule has 1 saturated heterocycles. The minimum atomic E-state index is -0.212. The zero-order valence-electron chi connectivity index (χ0n) is 15.0. The van der Waals surface area contributed by atoms with Gasteiger partial charge in [0.15, 0.2) is 5.82 Å². The van der Waals surface area contributed by atoms with Crippen molar-refractivity contribution in [2.75, 3.05) is 13.7 Å². The van der Waals surface area contributed by atoms with Crippen molar-refractivity contribution in [1.82, 2.24) is 20.4 Å². The molecule has 2 amide bonds. The lowest BCUT2D eigenvalue weighted by atomic mass is 9.79. The Bertz CT molecular complexity index is 576. The van der Waals surface area contributed by atoms with E-state index in [1.807, 2.05) is 0 Å². The molecular formula is C17H28N4O3. The van der Waals surface area contributed by atoms with Gasteiger partial charge in [0.05, 0.1) is 6.10 Å². The molecule has 0 unspecified atom stereocenters. The second-order valence-corrected chi connectivity index (χ2v) is 7.36. The summed E-state index contributed by atoms with van der Waals surface area (Å²) < 4.78 is 10.8. The number of carbonyl (C=O) groups excluding carboxylic acids is 1. The van der Waals surface area contributed by atoms with Crippen molar-refractivity contribution in [3.8, 4) is 0 Å². The van der Waals surface area contributed by atoms with Crippen LogP contribution in [0.1, 0.15) is 57.3 Å². The van der Waals surface area contributed by atoms with Crippen LogP contribution in [0.25, 0.3) is 0 Å². The summed E-state index contributed by atoms with van der Waals surface area (Å²) >= 11 is 0. The molecule has 2 fully saturated rings. The highest BCUT2D eigenvalue weighted by Crippen LogP contribution is 2.33. The number of hydrogen-bond acceptors (Lipinski definition) is 5. The van der Waals surface area contributed by atoms with Crippen molar-refractivity contribution in [3.63, 3.8) is 0 Å². The number of methoxy groups -OCH3 is 1. The molecule has 1 aromatic heterocycles. The van der Waals surface area contributed by atoms with E-state index in [1.165, 1.54) is 6.42 Å². The number of hydrogen-bond donors (Lipinski definition) is 1. The number of aromatic nitrogens is 2. The standard InChI is InChI=1S/C17H28N4O3/c1-10-5-6-13(7-11(10)2)19-17(22)21-9-14(23-4)8-15(21)16-18-12(3)20-24-16/h10-11,13-15H,5-9H2,1-4H3,(H,19,22)/t10-,11-,13+,14-,15+/m0/s1. The number of amides is 2. The Morgan fingerprint density at radius 3 is 2.71 bits per heavy atom. The van der Waals surface area contributed by atoms with Crippen LogP contribution < -0.4 is 5.32 Å². The summed E-state index contributed by atoms with van der Waals surface area (Å²) in [5, 5.41) is 7.06. The second kappa shape index (κ2) is 7.09. The molecule has 2 heterocycles. The maximum Gasteiger partial charge on any atom is 0.318 e. The molecule has 0 spiro atoms. The number of rotatable bonds is 3. The largest absolute Gasteiger partial charge is 0.380 e. The normalized spacial score (nSPS) is 33.7. The first-order chi connectivity index (χ1) is 11.5. The van der Waals surface area contributed by atoms with Gasteiger partial charge in [-0.15, -0.1) is 0 Å². The van der Waals surface area contributed by atoms with Gasteiger partial charge in [-0.3, -0.25) is 0 Å². The van der Waals surface area contributed by atoms with E-state index in [-0.39, 0.29) is 24.2 Å². The van der Waals surface area contributed by atoms with Crippen LogP contribution in [0, 0.1) is 18.8 Å². The molecule has 134 valence electrons. The molecule has 0 bridgehead atoms. The number of likely N-dealkylation sites (tertiary alicyclic amines) is 1. The van der Waals surface area contributed by atoms with E-state index in [2.05, 4.69) is 29.3 Å². The van der Waals surface area contributed by atoms with E-state index in [0.717, 1.165) is 18.8 Å². The summed E-state index contributed by atoms with van der Waals surface area (Å²) in [6.45, 7) is 6.89. The highest BCUT2D eigenvalue weighted by Gasteiger charge is 2.40. The second-order valence-electron chi connectivity index (χ2n) is 7.36. The molecule has 1 aromatic rings. The molecule has 7 heteroatoms. The van der Waals surface area contributed by atoms with Crippen LogP contribution in [-0.4, -0.2) is 46.9 Å². The van der Waals surface area contributed by atoms with Crippen LogP contribution in [0.3, 0.4) is 0 Å². The molecular weight excluding hydrogens is 308 g/mol. The predicted octanol–water partition coefficient (Wildman–Crippen LogP) is 2.67. The van der Waals surface area contributed by atoms with Crippen LogP contribution in [0.2, 0.25) is 0 Å². The average Bonchev–Trinajstić information content (AvgIpc) is 3.16. The zero-order chi connectivity index (χ0) is 17.3. The number of carbonyl (C=O) groups is 1. The third-order valence-corrected chi connectivity index (χ3v) is 5.61. The van der Waals surface area contributed by atoms with Crippen molar-refractivity contribution >= 4 is 6.03 Å². The average molecular weight is 336 g/mol. The Hall–Kier alpha value is -1.63. The van der Waals surface area contributed by atoms with Crippen molar-refractivity contribution in [1.29, 1.82) is 0 Å². The highest BCUT2D eigenvalue weighted by atomic mass is 16.5. The number of ether oxygens (including phenoxy) is 1. The van der Waals surface area contributed by atoms with E-state index < -0.39 is 0 Å². The van der Waals surface area contributed by atoms with Crippen LogP contribution in [0.15, 0.2) is 4.52 Å². The van der Waals surface area contributed by atoms with Gasteiger partial charge in [-0.05, 0) is 38.0 Å². The minimum Gasteiger partial charge on any atom is -0.380 e. The third-order valence-electron chi connectivity index (χ3n) is 5.61. The van der Waals surface area contributed by atoms with Gasteiger partial charge >= 0.3 is 6.03 Å². The molecule has 1 N–H and O–H groups in total. The Morgan fingerprint density at radius 1 is 1.29 bits per heavy atom. The smallest absolute Gasteiger partial charge is 0.318 e. The molecule has 1 saturated carbocycles. The lowest BCUT2D eigenvalue weighted by Crippen LogP contribution is -2.47. The Morgan fingerprint density at radius 2 is 2.08 bits per heavy atom. The SMILES string of the molecule is CO[C@H]1C[C@H](c2nc(C)no2)N(C(=O)N[C@@H]2CC[C@H](C)[C@@H](C)C2)C1. The summed E-state index contributed by atoms with van der Waals surface area (Å²) in [6, 6.07) is -0.0198. The molecule has 2 aliphatic rings. The summed E-state index contributed by atoms with van der Waals surface area (Å²) in [4.78, 5) is 18.9. The van der Waals surface area contributed by atoms with E-state index >= 15 is 0 Å². The maximum absolute atomic E-state index is 12.8. The first-order valence-electron chi connectivity index (χ1n) is 8.88. The molecule has 5 atom stereocenters. The van der Waals surface area contributed by atoms with Gasteiger partial charge in [-0.1, -0.05) is 19.0 Å². The Labute approximate surface area is 143 Å². The van der Waals surface area contributed by atoms with Crippen molar-refractivity contribution in [2.24, 2.45) is 11.8 Å². The van der Waals surface area contributed by atoms with Crippen molar-refractivity contribution < 1.29 is 14.1 Å². The van der Waals surface area contributed by atoms with Crippen LogP contribution in [0.5, 0.6) is 0 Å². The van der Waals surface area contributed by atoms with Crippen molar-refractivity contribution in [2.45, 2.75) is 64.6 Å². The first-order valence-corrected chi connectivity index (χ1v) is 8.88. The molecule has 0 radical (unpaired) electrons. The molecule has 3 rings (SSSR count). The summed E-state index contributed by atoms with van der Waals surface area (Å²) in [6.07, 6.45) is 3.93. The van der Waals surface area contributed by atoms with E-state index in [4.69, 9.17) is 9.26 Å². The maximum atomic E-state index is 12.8. The highest BCUT2D eigenvalue weighted by molar-refractivity contribution is 5.75. The quantitative estimate of drug-likeness (QED) is 0.918. The molecule has 7 nitrogen and oxygen atoms in total. The molecule has 0 aromatic carbocycles. The van der Waals surface area contributed by atoms with Gasteiger partial charge in [-0.25, -0.2) is 4.79 Å². The van der Waals surface area contributed by atoms with Crippen LogP contribution in [-0.2, 0) is 4.74 Å². The fraction of sp³-hybridized carbons (Fsp3) is 0.824. The summed E-state index contributed by atoms with van der Waals surface area (Å²) in [7, 11) is 1.67. The zero-order valence-corrected chi connectivity index (χ0v) is 15.0. The fourth-order valence-electron chi connectivity index (χ4n) is 3.81. The van der Waals surface area contributed by atoms with Gasteiger partial charge in [-0.2, -0.15) is 4.98 Å². The molecule has 1 aliphatic heterocycles. The minimum absolute atomic E-state index is 0.00161. The van der Waals surface area contributed by atoms with E-state index in [0.29, 0.717) is 30.6 Å².